The molecule has 1 aromatic carbocycles. The van der Waals surface area contributed by atoms with Gasteiger partial charge in [-0.25, -0.2) is 0 Å². The van der Waals surface area contributed by atoms with Gasteiger partial charge in [0.15, 0.2) is 0 Å². The van der Waals surface area contributed by atoms with Crippen LogP contribution in [0.4, 0.5) is 0 Å². The zero-order valence-electron chi connectivity index (χ0n) is 15.9. The summed E-state index contributed by atoms with van der Waals surface area (Å²) in [4.78, 5) is 28.9. The van der Waals surface area contributed by atoms with Gasteiger partial charge in [-0.3, -0.25) is 9.59 Å². The molecular weight excluding hydrogens is 328 g/mol. The number of nitrogens with zero attached hydrogens (tertiary/aromatic N) is 2. The monoisotopic (exact) mass is 358 g/mol. The van der Waals surface area contributed by atoms with Gasteiger partial charge in [0.1, 0.15) is 0 Å². The maximum absolute atomic E-state index is 12.7. The molecule has 0 radical (unpaired) electrons. The fourth-order valence-electron chi connectivity index (χ4n) is 4.43. The van der Waals surface area contributed by atoms with E-state index in [-0.39, 0.29) is 23.1 Å². The van der Waals surface area contributed by atoms with Crippen molar-refractivity contribution in [2.75, 3.05) is 39.9 Å². The quantitative estimate of drug-likeness (QED) is 0.761. The highest BCUT2D eigenvalue weighted by atomic mass is 16.5. The predicted octanol–water partition coefficient (Wildman–Crippen LogP) is 2.67. The van der Waals surface area contributed by atoms with Crippen molar-refractivity contribution >= 4 is 11.8 Å². The number of amides is 2. The summed E-state index contributed by atoms with van der Waals surface area (Å²) in [6.07, 6.45) is 3.29. The summed E-state index contributed by atoms with van der Waals surface area (Å²) in [6, 6.07) is 10.1. The van der Waals surface area contributed by atoms with Gasteiger partial charge in [0, 0.05) is 33.3 Å². The van der Waals surface area contributed by atoms with E-state index >= 15 is 0 Å². The Kier molecular flexibility index (Phi) is 5.97. The topological polar surface area (TPSA) is 49.9 Å². The number of ether oxygens (including phenoxy) is 1. The van der Waals surface area contributed by atoms with Crippen LogP contribution in [-0.2, 0) is 14.3 Å². The Bertz CT molecular complexity index is 623. The molecule has 1 atom stereocenters. The number of carbonyl (C=O) groups is 2. The first-order valence-corrected chi connectivity index (χ1v) is 9.70. The van der Waals surface area contributed by atoms with Gasteiger partial charge in [-0.15, -0.1) is 0 Å². The maximum atomic E-state index is 12.7. The lowest BCUT2D eigenvalue weighted by Crippen LogP contribution is -2.53. The van der Waals surface area contributed by atoms with Crippen LogP contribution in [0.3, 0.4) is 0 Å². The highest BCUT2D eigenvalue weighted by Crippen LogP contribution is 2.45. The molecule has 26 heavy (non-hydrogen) atoms. The Morgan fingerprint density at radius 3 is 2.58 bits per heavy atom. The molecule has 142 valence electrons. The molecule has 0 N–H and O–H groups in total. The number of hydrogen-bond donors (Lipinski definition) is 0. The molecule has 0 saturated carbocycles. The van der Waals surface area contributed by atoms with Gasteiger partial charge in [-0.2, -0.15) is 0 Å². The van der Waals surface area contributed by atoms with E-state index in [1.165, 1.54) is 0 Å². The van der Waals surface area contributed by atoms with E-state index in [0.29, 0.717) is 19.6 Å². The van der Waals surface area contributed by atoms with E-state index in [0.717, 1.165) is 44.5 Å². The lowest BCUT2D eigenvalue weighted by atomic mass is 9.67. The van der Waals surface area contributed by atoms with Crippen LogP contribution in [0.2, 0.25) is 0 Å². The highest BCUT2D eigenvalue weighted by molar-refractivity contribution is 5.84. The third kappa shape index (κ3) is 4.09. The van der Waals surface area contributed by atoms with E-state index in [1.54, 1.807) is 0 Å². The summed E-state index contributed by atoms with van der Waals surface area (Å²) in [7, 11) is 1.92. The van der Waals surface area contributed by atoms with E-state index in [9.17, 15) is 9.59 Å². The van der Waals surface area contributed by atoms with Gasteiger partial charge < -0.3 is 14.5 Å². The second-order valence-electron chi connectivity index (χ2n) is 7.69. The van der Waals surface area contributed by atoms with Crippen LogP contribution in [0.1, 0.15) is 44.1 Å². The number of hydrogen-bond acceptors (Lipinski definition) is 3. The Hall–Kier alpha value is -1.88. The lowest BCUT2D eigenvalue weighted by Gasteiger charge is -2.49. The van der Waals surface area contributed by atoms with Gasteiger partial charge in [0.2, 0.25) is 11.8 Å². The van der Waals surface area contributed by atoms with Crippen molar-refractivity contribution in [1.29, 1.82) is 0 Å². The molecule has 2 amide bonds. The Morgan fingerprint density at radius 2 is 1.92 bits per heavy atom. The number of piperidine rings is 2. The third-order valence-corrected chi connectivity index (χ3v) is 5.93. The summed E-state index contributed by atoms with van der Waals surface area (Å²) >= 11 is 0. The molecule has 1 spiro atoms. The van der Waals surface area contributed by atoms with Crippen LogP contribution >= 0.6 is 0 Å². The Balaban J connectivity index is 1.64. The van der Waals surface area contributed by atoms with Gasteiger partial charge >= 0.3 is 0 Å². The first-order valence-electron chi connectivity index (χ1n) is 9.70. The summed E-state index contributed by atoms with van der Waals surface area (Å²) in [5.41, 5.74) is 1.23. The molecule has 5 nitrogen and oxygen atoms in total. The molecule has 0 aliphatic carbocycles. The SMILES string of the molecule is CCOCCC(=O)N1CCC2(CC1)C[C@@H](c1ccccc1)C(=O)N(C)C2. The van der Waals surface area contributed by atoms with Crippen molar-refractivity contribution in [2.24, 2.45) is 5.41 Å². The van der Waals surface area contributed by atoms with Crippen molar-refractivity contribution in [3.63, 3.8) is 0 Å². The predicted molar refractivity (Wildman–Crippen MR) is 101 cm³/mol. The maximum Gasteiger partial charge on any atom is 0.229 e. The highest BCUT2D eigenvalue weighted by Gasteiger charge is 2.45. The van der Waals surface area contributed by atoms with Gasteiger partial charge in [0.05, 0.1) is 18.9 Å². The molecule has 0 bridgehead atoms. The van der Waals surface area contributed by atoms with Crippen molar-refractivity contribution < 1.29 is 14.3 Å². The van der Waals surface area contributed by atoms with Crippen molar-refractivity contribution in [1.82, 2.24) is 9.80 Å². The molecule has 2 aliphatic heterocycles. The normalized spacial score (nSPS) is 22.7. The van der Waals surface area contributed by atoms with Gasteiger partial charge in [-0.05, 0) is 37.2 Å². The second-order valence-corrected chi connectivity index (χ2v) is 7.69. The van der Waals surface area contributed by atoms with Crippen LogP contribution in [0, 0.1) is 5.41 Å². The molecule has 1 aromatic rings. The molecular formula is C21H30N2O3. The molecule has 3 rings (SSSR count). The summed E-state index contributed by atoms with van der Waals surface area (Å²) in [5.74, 6) is 0.348. The molecule has 2 aliphatic rings. The van der Waals surface area contributed by atoms with Gasteiger partial charge in [0.25, 0.3) is 0 Å². The molecule has 2 saturated heterocycles. The first-order chi connectivity index (χ1) is 12.5. The fourth-order valence-corrected chi connectivity index (χ4v) is 4.43. The fraction of sp³-hybridized carbons (Fsp3) is 0.619. The standard InChI is InChI=1S/C21H30N2O3/c1-3-26-14-9-19(24)23-12-10-21(11-13-23)15-18(20(25)22(2)16-21)17-7-5-4-6-8-17/h4-8,18H,3,9-16H2,1-2H3/t18-/m0/s1. The summed E-state index contributed by atoms with van der Waals surface area (Å²) < 4.78 is 5.30. The van der Waals surface area contributed by atoms with Crippen molar-refractivity contribution in [3.05, 3.63) is 35.9 Å². The molecule has 0 aromatic heterocycles. The zero-order valence-corrected chi connectivity index (χ0v) is 15.9. The smallest absolute Gasteiger partial charge is 0.229 e. The Morgan fingerprint density at radius 1 is 1.23 bits per heavy atom. The van der Waals surface area contributed by atoms with Crippen LogP contribution < -0.4 is 0 Å². The van der Waals surface area contributed by atoms with Crippen LogP contribution in [0.15, 0.2) is 30.3 Å². The molecule has 2 heterocycles. The number of benzene rings is 1. The third-order valence-electron chi connectivity index (χ3n) is 5.93. The lowest BCUT2D eigenvalue weighted by molar-refractivity contribution is -0.143. The van der Waals surface area contributed by atoms with Crippen LogP contribution in [-0.4, -0.2) is 61.5 Å². The van der Waals surface area contributed by atoms with E-state index in [2.05, 4.69) is 12.1 Å². The molecule has 2 fully saturated rings. The minimum Gasteiger partial charge on any atom is -0.381 e. The van der Waals surface area contributed by atoms with E-state index in [1.807, 2.05) is 42.0 Å². The van der Waals surface area contributed by atoms with Crippen LogP contribution in [0.25, 0.3) is 0 Å². The summed E-state index contributed by atoms with van der Waals surface area (Å²) in [5, 5.41) is 0. The average Bonchev–Trinajstić information content (AvgIpc) is 2.66. The van der Waals surface area contributed by atoms with E-state index < -0.39 is 0 Å². The number of likely N-dealkylation sites (tertiary alicyclic amines) is 2. The van der Waals surface area contributed by atoms with Gasteiger partial charge in [-0.1, -0.05) is 30.3 Å². The summed E-state index contributed by atoms with van der Waals surface area (Å²) in [6.45, 7) is 5.47. The minimum atomic E-state index is -0.0600. The van der Waals surface area contributed by atoms with E-state index in [4.69, 9.17) is 4.74 Å². The molecule has 5 heteroatoms. The number of rotatable bonds is 5. The largest absolute Gasteiger partial charge is 0.381 e. The second kappa shape index (κ2) is 8.21. The average molecular weight is 358 g/mol. The minimum absolute atomic E-state index is 0.0600. The number of likely N-dealkylation sites (N-methyl/N-ethyl adjacent to an activating group) is 1. The van der Waals surface area contributed by atoms with Crippen molar-refractivity contribution in [2.45, 2.75) is 38.5 Å². The Labute approximate surface area is 156 Å². The zero-order chi connectivity index (χ0) is 18.6. The first kappa shape index (κ1) is 18.9. The molecule has 0 unspecified atom stereocenters. The number of carbonyl (C=O) groups excluding carboxylic acids is 2. The van der Waals surface area contributed by atoms with Crippen molar-refractivity contribution in [3.8, 4) is 0 Å². The van der Waals surface area contributed by atoms with Crippen LogP contribution in [0.5, 0.6) is 0 Å².